The number of esters is 1. The molecular formula is C15H19N3O6S. The first-order valence-corrected chi connectivity index (χ1v) is 8.76. The van der Waals surface area contributed by atoms with Crippen molar-refractivity contribution in [2.45, 2.75) is 11.8 Å². The third-order valence-electron chi connectivity index (χ3n) is 3.33. The average molecular weight is 369 g/mol. The van der Waals surface area contributed by atoms with Crippen LogP contribution in [0, 0.1) is 0 Å². The number of ether oxygens (including phenoxy) is 3. The highest BCUT2D eigenvalue weighted by atomic mass is 32.2. The average Bonchev–Trinajstić information content (AvgIpc) is 2.94. The number of hydrogen-bond donors (Lipinski definition) is 1. The van der Waals surface area contributed by atoms with Crippen LogP contribution in [-0.4, -0.2) is 45.0 Å². The Morgan fingerprint density at radius 2 is 2.00 bits per heavy atom. The maximum Gasteiger partial charge on any atom is 0.343 e. The number of aromatic nitrogens is 2. The van der Waals surface area contributed by atoms with Crippen molar-refractivity contribution in [3.8, 4) is 11.5 Å². The van der Waals surface area contributed by atoms with E-state index >= 15 is 0 Å². The zero-order chi connectivity index (χ0) is 18.6. The molecule has 1 heterocycles. The van der Waals surface area contributed by atoms with Crippen LogP contribution in [0.1, 0.15) is 17.3 Å². The number of rotatable bonds is 7. The monoisotopic (exact) mass is 369 g/mol. The summed E-state index contributed by atoms with van der Waals surface area (Å²) in [5.41, 5.74) is 0.00906. The number of sulfonamides is 1. The van der Waals surface area contributed by atoms with E-state index in [-0.39, 0.29) is 28.6 Å². The molecule has 9 nitrogen and oxygen atoms in total. The molecule has 136 valence electrons. The molecule has 0 aliphatic rings. The predicted octanol–water partition coefficient (Wildman–Crippen LogP) is 1.41. The summed E-state index contributed by atoms with van der Waals surface area (Å²) in [7, 11) is 0.206. The number of anilines is 1. The second-order valence-electron chi connectivity index (χ2n) is 4.87. The van der Waals surface area contributed by atoms with Gasteiger partial charge in [0, 0.05) is 13.1 Å². The smallest absolute Gasteiger partial charge is 0.343 e. The molecule has 1 aromatic heterocycles. The number of nitrogens with one attached hydrogen (secondary N) is 1. The lowest BCUT2D eigenvalue weighted by Gasteiger charge is -2.13. The Labute approximate surface area is 145 Å². The van der Waals surface area contributed by atoms with Crippen LogP contribution in [0.2, 0.25) is 0 Å². The van der Waals surface area contributed by atoms with E-state index in [1.165, 1.54) is 44.3 Å². The molecule has 0 fully saturated rings. The fraction of sp³-hybridized carbons (Fsp3) is 0.333. The Bertz CT molecular complexity index is 875. The Morgan fingerprint density at radius 1 is 1.28 bits per heavy atom. The lowest BCUT2D eigenvalue weighted by Crippen LogP contribution is -2.19. The Morgan fingerprint density at radius 3 is 2.60 bits per heavy atom. The second kappa shape index (κ2) is 7.43. The van der Waals surface area contributed by atoms with E-state index < -0.39 is 16.0 Å². The standard InChI is InChI=1S/C15H19N3O6S/c1-5-24-15(19)11-9-16-18(2)14(11)17-25(20,21)13-8-10(22-3)6-7-12(13)23-4/h6-9,17H,5H2,1-4H3. The number of hydrogen-bond acceptors (Lipinski definition) is 7. The Kier molecular flexibility index (Phi) is 5.52. The van der Waals surface area contributed by atoms with Crippen LogP contribution in [0.4, 0.5) is 5.82 Å². The molecule has 0 saturated heterocycles. The molecule has 0 saturated carbocycles. The van der Waals surface area contributed by atoms with E-state index in [2.05, 4.69) is 9.82 Å². The van der Waals surface area contributed by atoms with E-state index in [9.17, 15) is 13.2 Å². The fourth-order valence-electron chi connectivity index (χ4n) is 2.09. The molecule has 0 atom stereocenters. The van der Waals surface area contributed by atoms with E-state index in [1.54, 1.807) is 13.0 Å². The van der Waals surface area contributed by atoms with Gasteiger partial charge in [0.2, 0.25) is 0 Å². The normalized spacial score (nSPS) is 11.0. The fourth-order valence-corrected chi connectivity index (χ4v) is 3.39. The van der Waals surface area contributed by atoms with Gasteiger partial charge in [-0.05, 0) is 19.1 Å². The quantitative estimate of drug-likeness (QED) is 0.735. The molecule has 0 aliphatic carbocycles. The largest absolute Gasteiger partial charge is 0.497 e. The van der Waals surface area contributed by atoms with Crippen molar-refractivity contribution in [3.63, 3.8) is 0 Å². The first-order valence-electron chi connectivity index (χ1n) is 7.28. The van der Waals surface area contributed by atoms with E-state index in [0.29, 0.717) is 5.75 Å². The minimum absolute atomic E-state index is 0.00906. The van der Waals surface area contributed by atoms with Gasteiger partial charge in [-0.15, -0.1) is 0 Å². The van der Waals surface area contributed by atoms with Gasteiger partial charge in [0.25, 0.3) is 10.0 Å². The molecule has 0 unspecified atom stereocenters. The molecule has 2 rings (SSSR count). The van der Waals surface area contributed by atoms with Crippen LogP contribution >= 0.6 is 0 Å². The van der Waals surface area contributed by atoms with Crippen LogP contribution < -0.4 is 14.2 Å². The minimum Gasteiger partial charge on any atom is -0.497 e. The number of nitrogens with zero attached hydrogens (tertiary/aromatic N) is 2. The van der Waals surface area contributed by atoms with E-state index in [1.807, 2.05) is 0 Å². The lowest BCUT2D eigenvalue weighted by atomic mass is 10.3. The highest BCUT2D eigenvalue weighted by Crippen LogP contribution is 2.30. The van der Waals surface area contributed by atoms with Crippen LogP contribution in [0.15, 0.2) is 29.3 Å². The van der Waals surface area contributed by atoms with E-state index in [4.69, 9.17) is 14.2 Å². The molecule has 1 N–H and O–H groups in total. The Hall–Kier alpha value is -2.75. The summed E-state index contributed by atoms with van der Waals surface area (Å²) in [4.78, 5) is 11.8. The van der Waals surface area contributed by atoms with Crippen LogP contribution in [0.25, 0.3) is 0 Å². The molecule has 0 aliphatic heterocycles. The van der Waals surface area contributed by atoms with Gasteiger partial charge in [-0.25, -0.2) is 13.2 Å². The topological polar surface area (TPSA) is 109 Å². The summed E-state index contributed by atoms with van der Waals surface area (Å²) >= 11 is 0. The molecule has 0 spiro atoms. The summed E-state index contributed by atoms with van der Waals surface area (Å²) in [6, 6.07) is 4.37. The second-order valence-corrected chi connectivity index (χ2v) is 6.52. The zero-order valence-electron chi connectivity index (χ0n) is 14.3. The van der Waals surface area contributed by atoms with Gasteiger partial charge in [0.1, 0.15) is 22.0 Å². The molecule has 1 aromatic carbocycles. The summed E-state index contributed by atoms with van der Waals surface area (Å²) in [6.45, 7) is 1.81. The molecular weight excluding hydrogens is 350 g/mol. The van der Waals surface area contributed by atoms with Crippen molar-refractivity contribution in [2.24, 2.45) is 7.05 Å². The summed E-state index contributed by atoms with van der Waals surface area (Å²) in [5, 5.41) is 3.91. The molecule has 25 heavy (non-hydrogen) atoms. The number of carbonyl (C=O) groups is 1. The number of methoxy groups -OCH3 is 2. The van der Waals surface area contributed by atoms with E-state index in [0.717, 1.165) is 0 Å². The highest BCUT2D eigenvalue weighted by Gasteiger charge is 2.26. The van der Waals surface area contributed by atoms with Crippen LogP contribution in [-0.2, 0) is 21.8 Å². The maximum absolute atomic E-state index is 12.8. The van der Waals surface area contributed by atoms with Gasteiger partial charge in [-0.1, -0.05) is 0 Å². The van der Waals surface area contributed by atoms with Crippen molar-refractivity contribution < 1.29 is 27.4 Å². The van der Waals surface area contributed by atoms with Crippen molar-refractivity contribution in [3.05, 3.63) is 30.0 Å². The van der Waals surface area contributed by atoms with Gasteiger partial charge >= 0.3 is 5.97 Å². The zero-order valence-corrected chi connectivity index (χ0v) is 15.1. The number of carbonyl (C=O) groups excluding carboxylic acids is 1. The van der Waals surface area contributed by atoms with Crippen molar-refractivity contribution in [2.75, 3.05) is 25.5 Å². The first-order chi connectivity index (χ1) is 11.8. The summed E-state index contributed by atoms with van der Waals surface area (Å²) in [6.07, 6.45) is 1.23. The van der Waals surface area contributed by atoms with Gasteiger partial charge in [-0.3, -0.25) is 9.40 Å². The van der Waals surface area contributed by atoms with Gasteiger partial charge < -0.3 is 14.2 Å². The molecule has 0 bridgehead atoms. The summed E-state index contributed by atoms with van der Waals surface area (Å²) in [5.74, 6) is -0.209. The third kappa shape index (κ3) is 3.85. The first kappa shape index (κ1) is 18.6. The molecule has 0 amide bonds. The summed E-state index contributed by atoms with van der Waals surface area (Å²) < 4.78 is 44.3. The maximum atomic E-state index is 12.8. The minimum atomic E-state index is -4.08. The predicted molar refractivity (Wildman–Crippen MR) is 89.5 cm³/mol. The van der Waals surface area contributed by atoms with Crippen LogP contribution in [0.3, 0.4) is 0 Å². The highest BCUT2D eigenvalue weighted by molar-refractivity contribution is 7.92. The Balaban J connectivity index is 2.47. The van der Waals surface area contributed by atoms with Crippen molar-refractivity contribution >= 4 is 21.8 Å². The molecule has 10 heteroatoms. The van der Waals surface area contributed by atoms with Crippen molar-refractivity contribution in [1.29, 1.82) is 0 Å². The molecule has 2 aromatic rings. The number of benzene rings is 1. The van der Waals surface area contributed by atoms with Gasteiger partial charge in [0.15, 0.2) is 5.82 Å². The molecule has 0 radical (unpaired) electrons. The SMILES string of the molecule is CCOC(=O)c1cnn(C)c1NS(=O)(=O)c1cc(OC)ccc1OC. The number of aryl methyl sites for hydroxylation is 1. The van der Waals surface area contributed by atoms with Gasteiger partial charge in [0.05, 0.1) is 27.0 Å². The third-order valence-corrected chi connectivity index (χ3v) is 4.69. The van der Waals surface area contributed by atoms with Crippen molar-refractivity contribution in [1.82, 2.24) is 9.78 Å². The lowest BCUT2D eigenvalue weighted by molar-refractivity contribution is 0.0527. The van der Waals surface area contributed by atoms with Gasteiger partial charge in [-0.2, -0.15) is 5.10 Å². The van der Waals surface area contributed by atoms with Crippen LogP contribution in [0.5, 0.6) is 11.5 Å².